The largest absolute Gasteiger partial charge is 0.340 e. The van der Waals surface area contributed by atoms with Crippen LogP contribution in [0.25, 0.3) is 0 Å². The zero-order chi connectivity index (χ0) is 14.8. The summed E-state index contributed by atoms with van der Waals surface area (Å²) in [5.41, 5.74) is 1.04. The zero-order valence-corrected chi connectivity index (χ0v) is 12.6. The van der Waals surface area contributed by atoms with Crippen LogP contribution in [-0.2, 0) is 28.3 Å². The Labute approximate surface area is 119 Å². The van der Waals surface area contributed by atoms with Crippen LogP contribution < -0.4 is 0 Å². The first-order valence-corrected chi connectivity index (χ1v) is 8.41. The molecule has 1 aromatic heterocycles. The van der Waals surface area contributed by atoms with Gasteiger partial charge in [-0.05, 0) is 12.0 Å². The fourth-order valence-corrected chi connectivity index (χ4v) is 3.11. The van der Waals surface area contributed by atoms with E-state index in [9.17, 15) is 13.2 Å². The third-order valence-corrected chi connectivity index (χ3v) is 4.75. The van der Waals surface area contributed by atoms with E-state index in [2.05, 4.69) is 5.10 Å². The average molecular weight is 300 g/mol. The minimum absolute atomic E-state index is 0.0713. The van der Waals surface area contributed by atoms with Gasteiger partial charge in [-0.3, -0.25) is 9.48 Å². The zero-order valence-electron chi connectivity index (χ0n) is 11.8. The van der Waals surface area contributed by atoms with E-state index in [4.69, 9.17) is 0 Å². The molecule has 1 aromatic rings. The lowest BCUT2D eigenvalue weighted by molar-refractivity contribution is -0.132. The number of carbonyl (C=O) groups is 1. The molecule has 1 amide bonds. The molecule has 0 aromatic carbocycles. The van der Waals surface area contributed by atoms with Crippen LogP contribution in [0.2, 0.25) is 0 Å². The van der Waals surface area contributed by atoms with Crippen LogP contribution in [0.4, 0.5) is 0 Å². The van der Waals surface area contributed by atoms with Gasteiger partial charge in [0.1, 0.15) is 0 Å². The Morgan fingerprint density at radius 3 is 2.45 bits per heavy atom. The third kappa shape index (κ3) is 3.80. The highest BCUT2D eigenvalue weighted by Gasteiger charge is 2.25. The van der Waals surface area contributed by atoms with E-state index in [1.807, 2.05) is 13.2 Å². The fourth-order valence-electron chi connectivity index (χ4n) is 2.28. The van der Waals surface area contributed by atoms with E-state index in [0.717, 1.165) is 5.56 Å². The predicted molar refractivity (Wildman–Crippen MR) is 74.5 cm³/mol. The SMILES string of the molecule is Cn1cc(CCC(=O)N2CCN(S(C)(=O)=O)CC2)cn1. The van der Waals surface area contributed by atoms with Gasteiger partial charge in [-0.15, -0.1) is 0 Å². The molecule has 1 fully saturated rings. The Kier molecular flexibility index (Phi) is 4.44. The molecule has 7 nitrogen and oxygen atoms in total. The highest BCUT2D eigenvalue weighted by molar-refractivity contribution is 7.88. The fraction of sp³-hybridized carbons (Fsp3) is 0.667. The van der Waals surface area contributed by atoms with Gasteiger partial charge in [0.05, 0.1) is 12.5 Å². The molecule has 20 heavy (non-hydrogen) atoms. The molecule has 8 heteroatoms. The average Bonchev–Trinajstić information content (AvgIpc) is 2.81. The highest BCUT2D eigenvalue weighted by atomic mass is 32.2. The number of piperazine rings is 1. The van der Waals surface area contributed by atoms with Crippen molar-refractivity contribution in [2.45, 2.75) is 12.8 Å². The van der Waals surface area contributed by atoms with Gasteiger partial charge in [-0.1, -0.05) is 0 Å². The normalized spacial score (nSPS) is 17.4. The van der Waals surface area contributed by atoms with Crippen LogP contribution in [0.15, 0.2) is 12.4 Å². The van der Waals surface area contributed by atoms with Crippen molar-refractivity contribution in [2.75, 3.05) is 32.4 Å². The lowest BCUT2D eigenvalue weighted by Gasteiger charge is -2.33. The summed E-state index contributed by atoms with van der Waals surface area (Å²) in [5, 5.41) is 4.06. The second-order valence-corrected chi connectivity index (χ2v) is 7.05. The second kappa shape index (κ2) is 5.92. The monoisotopic (exact) mass is 300 g/mol. The summed E-state index contributed by atoms with van der Waals surface area (Å²) in [6, 6.07) is 0. The maximum absolute atomic E-state index is 12.1. The number of amides is 1. The number of aryl methyl sites for hydroxylation is 2. The Bertz CT molecular complexity index is 573. The first kappa shape index (κ1) is 15.0. The number of aromatic nitrogens is 2. The van der Waals surface area contributed by atoms with E-state index in [1.54, 1.807) is 15.8 Å². The van der Waals surface area contributed by atoms with Gasteiger partial charge in [-0.25, -0.2) is 8.42 Å². The smallest absolute Gasteiger partial charge is 0.222 e. The summed E-state index contributed by atoms with van der Waals surface area (Å²) in [7, 11) is -1.30. The molecular formula is C12H20N4O3S. The molecule has 2 heterocycles. The highest BCUT2D eigenvalue weighted by Crippen LogP contribution is 2.09. The van der Waals surface area contributed by atoms with Crippen molar-refractivity contribution >= 4 is 15.9 Å². The maximum Gasteiger partial charge on any atom is 0.222 e. The summed E-state index contributed by atoms with van der Waals surface area (Å²) >= 11 is 0. The Balaban J connectivity index is 1.80. The number of nitrogens with zero attached hydrogens (tertiary/aromatic N) is 4. The van der Waals surface area contributed by atoms with Gasteiger partial charge >= 0.3 is 0 Å². The van der Waals surface area contributed by atoms with Crippen LogP contribution in [0.5, 0.6) is 0 Å². The number of hydrogen-bond acceptors (Lipinski definition) is 4. The Hall–Kier alpha value is -1.41. The molecule has 2 rings (SSSR count). The van der Waals surface area contributed by atoms with Gasteiger partial charge < -0.3 is 4.90 Å². The lowest BCUT2D eigenvalue weighted by atomic mass is 10.2. The van der Waals surface area contributed by atoms with E-state index in [0.29, 0.717) is 39.0 Å². The molecule has 1 aliphatic rings. The number of hydrogen-bond donors (Lipinski definition) is 0. The van der Waals surface area contributed by atoms with Crippen molar-refractivity contribution in [1.29, 1.82) is 0 Å². The topological polar surface area (TPSA) is 75.5 Å². The standard InChI is InChI=1S/C12H20N4O3S/c1-14-10-11(9-13-14)3-4-12(17)15-5-7-16(8-6-15)20(2,18)19/h9-10H,3-8H2,1-2H3. The van der Waals surface area contributed by atoms with Crippen LogP contribution >= 0.6 is 0 Å². The van der Waals surface area contributed by atoms with Crippen LogP contribution in [-0.4, -0.2) is 65.7 Å². The molecule has 0 spiro atoms. The Morgan fingerprint density at radius 2 is 1.95 bits per heavy atom. The van der Waals surface area contributed by atoms with Crippen LogP contribution in [0.3, 0.4) is 0 Å². The van der Waals surface area contributed by atoms with Crippen LogP contribution in [0, 0.1) is 0 Å². The number of rotatable bonds is 4. The van der Waals surface area contributed by atoms with E-state index >= 15 is 0 Å². The number of carbonyl (C=O) groups excluding carboxylic acids is 1. The molecule has 0 saturated carbocycles. The molecule has 0 radical (unpaired) electrons. The molecule has 0 unspecified atom stereocenters. The lowest BCUT2D eigenvalue weighted by Crippen LogP contribution is -2.50. The van der Waals surface area contributed by atoms with Crippen LogP contribution in [0.1, 0.15) is 12.0 Å². The quantitative estimate of drug-likeness (QED) is 0.748. The minimum Gasteiger partial charge on any atom is -0.340 e. The van der Waals surface area contributed by atoms with E-state index < -0.39 is 10.0 Å². The van der Waals surface area contributed by atoms with Crippen molar-refractivity contribution < 1.29 is 13.2 Å². The van der Waals surface area contributed by atoms with E-state index in [-0.39, 0.29) is 5.91 Å². The van der Waals surface area contributed by atoms with E-state index in [1.165, 1.54) is 10.6 Å². The molecular weight excluding hydrogens is 280 g/mol. The first-order valence-electron chi connectivity index (χ1n) is 6.56. The minimum atomic E-state index is -3.14. The molecule has 1 saturated heterocycles. The summed E-state index contributed by atoms with van der Waals surface area (Å²) in [4.78, 5) is 13.8. The molecule has 0 bridgehead atoms. The summed E-state index contributed by atoms with van der Waals surface area (Å²) < 4.78 is 25.9. The molecule has 1 aliphatic heterocycles. The molecule has 0 aliphatic carbocycles. The van der Waals surface area contributed by atoms with Gasteiger partial charge in [0.25, 0.3) is 0 Å². The Morgan fingerprint density at radius 1 is 1.30 bits per heavy atom. The molecule has 0 N–H and O–H groups in total. The first-order chi connectivity index (χ1) is 9.36. The van der Waals surface area contributed by atoms with Crippen molar-refractivity contribution in [3.05, 3.63) is 18.0 Å². The summed E-state index contributed by atoms with van der Waals surface area (Å²) in [6.07, 6.45) is 5.96. The molecule has 0 atom stereocenters. The summed E-state index contributed by atoms with van der Waals surface area (Å²) in [5.74, 6) is 0.0713. The summed E-state index contributed by atoms with van der Waals surface area (Å²) in [6.45, 7) is 1.72. The van der Waals surface area contributed by atoms with Crippen molar-refractivity contribution in [2.24, 2.45) is 7.05 Å². The number of sulfonamides is 1. The van der Waals surface area contributed by atoms with Crippen molar-refractivity contribution in [3.63, 3.8) is 0 Å². The third-order valence-electron chi connectivity index (χ3n) is 3.45. The van der Waals surface area contributed by atoms with Gasteiger partial charge in [0.15, 0.2) is 0 Å². The predicted octanol–water partition coefficient (Wildman–Crippen LogP) is -0.543. The van der Waals surface area contributed by atoms with Gasteiger partial charge in [0, 0.05) is 45.8 Å². The van der Waals surface area contributed by atoms with Gasteiger partial charge in [-0.2, -0.15) is 9.40 Å². The molecule has 112 valence electrons. The maximum atomic E-state index is 12.1. The second-order valence-electron chi connectivity index (χ2n) is 5.07. The van der Waals surface area contributed by atoms with Gasteiger partial charge in [0.2, 0.25) is 15.9 Å². The van der Waals surface area contributed by atoms with Crippen molar-refractivity contribution in [3.8, 4) is 0 Å². The van der Waals surface area contributed by atoms with Crippen molar-refractivity contribution in [1.82, 2.24) is 19.0 Å².